The Labute approximate surface area is 193 Å². The largest absolute Gasteiger partial charge is 0.493 e. The maximum Gasteiger partial charge on any atom is 0.493 e. The lowest BCUT2D eigenvalue weighted by molar-refractivity contribution is -0.203. The molecule has 2 aliphatic heterocycles. The zero-order chi connectivity index (χ0) is 25.0. The lowest BCUT2D eigenvalue weighted by atomic mass is 10.3. The number of fused-ring (bicyclic) bond motifs is 1. The summed E-state index contributed by atoms with van der Waals surface area (Å²) >= 11 is 0. The smallest absolute Gasteiger partial charge is 0.380 e. The second-order valence-electron chi connectivity index (χ2n) is 7.56. The predicted molar refractivity (Wildman–Crippen MR) is 116 cm³/mol. The van der Waals surface area contributed by atoms with Gasteiger partial charge in [0, 0.05) is 39.8 Å². The highest BCUT2D eigenvalue weighted by atomic mass is 19.4. The van der Waals surface area contributed by atoms with Crippen molar-refractivity contribution < 1.29 is 27.5 Å². The number of hydrogen-bond acceptors (Lipinski definition) is 9. The first-order valence-corrected chi connectivity index (χ1v) is 10.7. The number of piperazine rings is 1. The van der Waals surface area contributed by atoms with E-state index in [2.05, 4.69) is 17.2 Å². The van der Waals surface area contributed by atoms with E-state index in [4.69, 9.17) is 9.57 Å². The normalized spacial score (nSPS) is 18.5. The van der Waals surface area contributed by atoms with Crippen LogP contribution in [0, 0.1) is 11.8 Å². The van der Waals surface area contributed by atoms with E-state index in [1.807, 2.05) is 0 Å². The highest BCUT2D eigenvalue weighted by Crippen LogP contribution is 2.38. The van der Waals surface area contributed by atoms with Crippen LogP contribution in [-0.4, -0.2) is 78.4 Å². The van der Waals surface area contributed by atoms with Crippen molar-refractivity contribution in [2.75, 3.05) is 55.9 Å². The minimum absolute atomic E-state index is 0.0446. The Kier molecular flexibility index (Phi) is 7.90. The fourth-order valence-electron chi connectivity index (χ4n) is 3.88. The van der Waals surface area contributed by atoms with E-state index in [9.17, 15) is 27.6 Å². The Morgan fingerprint density at radius 1 is 1.24 bits per heavy atom. The zero-order valence-electron chi connectivity index (χ0n) is 19.1. The van der Waals surface area contributed by atoms with Crippen LogP contribution < -0.4 is 26.5 Å². The minimum Gasteiger partial charge on any atom is -0.380 e. The summed E-state index contributed by atoms with van der Waals surface area (Å²) in [5.41, 5.74) is -1.60. The Hall–Kier alpha value is -3.02. The molecule has 1 atom stereocenters. The van der Waals surface area contributed by atoms with E-state index in [-0.39, 0.29) is 31.2 Å². The summed E-state index contributed by atoms with van der Waals surface area (Å²) in [4.78, 5) is 46.2. The van der Waals surface area contributed by atoms with E-state index in [1.165, 1.54) is 11.9 Å². The van der Waals surface area contributed by atoms with Gasteiger partial charge in [0.1, 0.15) is 0 Å². The molecule has 0 aromatic carbocycles. The predicted octanol–water partition coefficient (Wildman–Crippen LogP) is -0.557. The van der Waals surface area contributed by atoms with Crippen molar-refractivity contribution in [1.82, 2.24) is 19.4 Å². The van der Waals surface area contributed by atoms with Crippen LogP contribution >= 0.6 is 0 Å². The van der Waals surface area contributed by atoms with Crippen molar-refractivity contribution in [2.45, 2.75) is 32.9 Å². The quantitative estimate of drug-likeness (QED) is 0.400. The van der Waals surface area contributed by atoms with Gasteiger partial charge >= 0.3 is 17.8 Å². The van der Waals surface area contributed by atoms with Crippen LogP contribution in [0.4, 0.5) is 24.7 Å². The number of nitrogens with zero attached hydrogens (tertiary/aromatic N) is 5. The standard InChI is InChI=1S/C20H27F3N6O5/c1-4-6-9-27-14-15(28(12-13-33-5-2)19(32)25(3)16(14)30)29(34-17(31)20(21,22)23)18(27)26-10-7-24-8-11-26/h18,24H,5,7-13H2,1-3H3. The molecule has 0 bridgehead atoms. The van der Waals surface area contributed by atoms with Crippen LogP contribution in [0.2, 0.25) is 0 Å². The van der Waals surface area contributed by atoms with Crippen molar-refractivity contribution in [1.29, 1.82) is 0 Å². The third-order valence-electron chi connectivity index (χ3n) is 5.46. The molecule has 1 fully saturated rings. The van der Waals surface area contributed by atoms with Crippen LogP contribution in [0.1, 0.15) is 13.8 Å². The fourth-order valence-corrected chi connectivity index (χ4v) is 3.88. The van der Waals surface area contributed by atoms with Gasteiger partial charge in [-0.25, -0.2) is 9.59 Å². The third kappa shape index (κ3) is 4.91. The van der Waals surface area contributed by atoms with Crippen LogP contribution in [-0.2, 0) is 28.0 Å². The van der Waals surface area contributed by atoms with Gasteiger partial charge in [0.15, 0.2) is 17.8 Å². The molecular weight excluding hydrogens is 461 g/mol. The molecule has 0 aliphatic carbocycles. The summed E-state index contributed by atoms with van der Waals surface area (Å²) in [6.45, 7) is 5.42. The van der Waals surface area contributed by atoms with Crippen molar-refractivity contribution in [2.24, 2.45) is 7.05 Å². The van der Waals surface area contributed by atoms with Crippen molar-refractivity contribution >= 4 is 17.5 Å². The molecule has 1 saturated heterocycles. The van der Waals surface area contributed by atoms with Gasteiger partial charge in [-0.05, 0) is 13.8 Å². The van der Waals surface area contributed by atoms with E-state index in [1.54, 1.807) is 18.7 Å². The van der Waals surface area contributed by atoms with Crippen LogP contribution in [0.25, 0.3) is 0 Å². The third-order valence-corrected chi connectivity index (χ3v) is 5.46. The zero-order valence-corrected chi connectivity index (χ0v) is 19.1. The molecule has 1 N–H and O–H groups in total. The molecule has 1 unspecified atom stereocenters. The monoisotopic (exact) mass is 488 g/mol. The number of alkyl halides is 3. The van der Waals surface area contributed by atoms with Crippen molar-refractivity contribution in [3.05, 3.63) is 20.8 Å². The number of hydroxylamine groups is 1. The summed E-state index contributed by atoms with van der Waals surface area (Å²) < 4.78 is 46.9. The number of hydrogen-bond donors (Lipinski definition) is 1. The Balaban J connectivity index is 2.25. The minimum atomic E-state index is -5.29. The molecule has 34 heavy (non-hydrogen) atoms. The fraction of sp³-hybridized carbons (Fsp3) is 0.650. The molecule has 3 heterocycles. The Morgan fingerprint density at radius 2 is 1.91 bits per heavy atom. The molecule has 14 heteroatoms. The maximum absolute atomic E-state index is 13.2. The van der Waals surface area contributed by atoms with E-state index in [0.29, 0.717) is 37.8 Å². The molecule has 11 nitrogen and oxygen atoms in total. The van der Waals surface area contributed by atoms with Crippen LogP contribution in [0.15, 0.2) is 9.59 Å². The van der Waals surface area contributed by atoms with E-state index < -0.39 is 29.7 Å². The maximum atomic E-state index is 13.2. The number of carbonyl (C=O) groups excluding carboxylic acids is 1. The van der Waals surface area contributed by atoms with Crippen LogP contribution in [0.5, 0.6) is 0 Å². The summed E-state index contributed by atoms with van der Waals surface area (Å²) in [6, 6.07) is 0. The first-order chi connectivity index (χ1) is 16.1. The van der Waals surface area contributed by atoms with Gasteiger partial charge in [-0.1, -0.05) is 5.92 Å². The Morgan fingerprint density at radius 3 is 2.50 bits per heavy atom. The summed E-state index contributed by atoms with van der Waals surface area (Å²) in [5.74, 6) is 2.82. The average Bonchev–Trinajstić information content (AvgIpc) is 3.12. The van der Waals surface area contributed by atoms with E-state index >= 15 is 0 Å². The number of ether oxygens (including phenoxy) is 1. The molecule has 2 aliphatic rings. The SMILES string of the molecule is CC#CCN1c2c(n(CCOCC)c(=O)n(C)c2=O)N(OC(=O)C(F)(F)F)C1N1CCNCC1. The lowest BCUT2D eigenvalue weighted by Crippen LogP contribution is -2.61. The second-order valence-corrected chi connectivity index (χ2v) is 7.56. The molecule has 0 saturated carbocycles. The molecule has 0 amide bonds. The topological polar surface area (TPSA) is 101 Å². The van der Waals surface area contributed by atoms with Gasteiger partial charge in [0.2, 0.25) is 0 Å². The first kappa shape index (κ1) is 25.6. The van der Waals surface area contributed by atoms with Gasteiger partial charge in [-0.15, -0.1) is 11.0 Å². The molecule has 3 rings (SSSR count). The summed E-state index contributed by atoms with van der Waals surface area (Å²) in [7, 11) is 1.27. The Bertz CT molecular complexity index is 1080. The second kappa shape index (κ2) is 10.5. The first-order valence-electron chi connectivity index (χ1n) is 10.7. The molecule has 0 spiro atoms. The van der Waals surface area contributed by atoms with Gasteiger partial charge in [-0.3, -0.25) is 18.8 Å². The number of nitrogens with one attached hydrogen (secondary N) is 1. The number of rotatable bonds is 7. The number of anilines is 2. The highest BCUT2D eigenvalue weighted by Gasteiger charge is 2.50. The number of carbonyl (C=O) groups is 1. The molecule has 1 aromatic rings. The van der Waals surface area contributed by atoms with Gasteiger partial charge < -0.3 is 19.8 Å². The van der Waals surface area contributed by atoms with Crippen LogP contribution in [0.3, 0.4) is 0 Å². The van der Waals surface area contributed by atoms with Crippen molar-refractivity contribution in [3.63, 3.8) is 0 Å². The highest BCUT2D eigenvalue weighted by molar-refractivity contribution is 5.80. The molecule has 188 valence electrons. The van der Waals surface area contributed by atoms with Gasteiger partial charge in [-0.2, -0.15) is 13.2 Å². The molecule has 1 aromatic heterocycles. The lowest BCUT2D eigenvalue weighted by Gasteiger charge is -2.40. The summed E-state index contributed by atoms with van der Waals surface area (Å²) in [5, 5.41) is 3.85. The summed E-state index contributed by atoms with van der Waals surface area (Å²) in [6.07, 6.45) is -6.40. The van der Waals surface area contributed by atoms with E-state index in [0.717, 1.165) is 9.13 Å². The number of halogens is 3. The average molecular weight is 488 g/mol. The molecule has 0 radical (unpaired) electrons. The van der Waals surface area contributed by atoms with Gasteiger partial charge in [0.25, 0.3) is 5.56 Å². The van der Waals surface area contributed by atoms with Crippen molar-refractivity contribution in [3.8, 4) is 11.8 Å². The molecular formula is C20H27F3N6O5. The van der Waals surface area contributed by atoms with Gasteiger partial charge in [0.05, 0.1) is 19.7 Å². The number of aromatic nitrogens is 2.